The fourth-order valence-electron chi connectivity index (χ4n) is 4.33. The van der Waals surface area contributed by atoms with Crippen molar-refractivity contribution in [3.63, 3.8) is 0 Å². The number of aliphatic imine (C=N–C) groups is 2. The quantitative estimate of drug-likeness (QED) is 0.291. The number of para-hydroxylation sites is 2. The van der Waals surface area contributed by atoms with Crippen LogP contribution < -0.4 is 0 Å². The summed E-state index contributed by atoms with van der Waals surface area (Å²) < 4.78 is 0. The molecule has 0 aliphatic heterocycles. The molecule has 0 saturated carbocycles. The van der Waals surface area contributed by atoms with Gasteiger partial charge in [0.05, 0.1) is 28.5 Å². The number of aromatic nitrogens is 1. The van der Waals surface area contributed by atoms with Crippen LogP contribution in [0.4, 0.5) is 11.4 Å². The number of benzene rings is 2. The summed E-state index contributed by atoms with van der Waals surface area (Å²) in [5, 5.41) is 3.06. The first-order chi connectivity index (χ1) is 16.5. The van der Waals surface area contributed by atoms with Gasteiger partial charge in [-0.1, -0.05) is 91.8 Å². The van der Waals surface area contributed by atoms with E-state index in [2.05, 4.69) is 111 Å². The van der Waals surface area contributed by atoms with Crippen molar-refractivity contribution < 1.29 is 0 Å². The van der Waals surface area contributed by atoms with Crippen LogP contribution in [0.3, 0.4) is 0 Å². The fourth-order valence-corrected chi connectivity index (χ4v) is 5.14. The molecule has 0 aliphatic rings. The summed E-state index contributed by atoms with van der Waals surface area (Å²) in [6, 6.07) is 13.1. The van der Waals surface area contributed by atoms with Crippen molar-refractivity contribution in [3.8, 4) is 0 Å². The zero-order valence-electron chi connectivity index (χ0n) is 23.1. The molecule has 3 rings (SSSR count). The van der Waals surface area contributed by atoms with E-state index in [1.807, 2.05) is 0 Å². The third kappa shape index (κ3) is 6.16. The van der Waals surface area contributed by atoms with Crippen LogP contribution in [0.1, 0.15) is 126 Å². The van der Waals surface area contributed by atoms with Crippen LogP contribution in [0.15, 0.2) is 51.8 Å². The number of hydrogen-bond donors (Lipinski definition) is 0. The summed E-state index contributed by atoms with van der Waals surface area (Å²) in [7, 11) is 0. The number of hydrogen-bond acceptors (Lipinski definition) is 4. The SMILES string of the molecule is CC(=Nc1c(C(C)C)cccc1C(C)C)c1csc(C(C)=Nc2c(C(C)C)cccc2C(C)C)n1. The lowest BCUT2D eigenvalue weighted by Gasteiger charge is -2.17. The molecule has 0 saturated heterocycles. The highest BCUT2D eigenvalue weighted by Gasteiger charge is 2.17. The lowest BCUT2D eigenvalue weighted by Crippen LogP contribution is -2.02. The van der Waals surface area contributed by atoms with E-state index in [4.69, 9.17) is 15.0 Å². The van der Waals surface area contributed by atoms with Crippen LogP contribution in [0.2, 0.25) is 0 Å². The lowest BCUT2D eigenvalue weighted by atomic mass is 9.93. The highest BCUT2D eigenvalue weighted by atomic mass is 32.1. The molecule has 0 fully saturated rings. The number of rotatable bonds is 8. The van der Waals surface area contributed by atoms with Gasteiger partial charge in [0.15, 0.2) is 0 Å². The van der Waals surface area contributed by atoms with Crippen molar-refractivity contribution in [1.82, 2.24) is 4.98 Å². The molecule has 3 aromatic rings. The largest absolute Gasteiger partial charge is 0.251 e. The zero-order valence-corrected chi connectivity index (χ0v) is 23.9. The first-order valence-corrected chi connectivity index (χ1v) is 13.7. The standard InChI is InChI=1S/C31H41N3S/c1-18(2)24-13-11-14-25(19(3)4)29(24)32-22(9)28-17-35-31(34-28)23(10)33-30-26(20(5)6)15-12-16-27(30)21(7)8/h11-21H,1-10H3. The minimum absolute atomic E-state index is 0.414. The maximum absolute atomic E-state index is 5.13. The Morgan fingerprint density at radius 1 is 0.629 bits per heavy atom. The van der Waals surface area contributed by atoms with Crippen molar-refractivity contribution in [2.24, 2.45) is 9.98 Å². The van der Waals surface area contributed by atoms with Crippen molar-refractivity contribution in [1.29, 1.82) is 0 Å². The Bertz CT molecular complexity index is 1080. The molecule has 1 heterocycles. The van der Waals surface area contributed by atoms with Crippen LogP contribution >= 0.6 is 11.3 Å². The van der Waals surface area contributed by atoms with Crippen molar-refractivity contribution in [2.45, 2.75) is 92.9 Å². The molecule has 0 unspecified atom stereocenters. The smallest absolute Gasteiger partial charge is 0.138 e. The maximum atomic E-state index is 5.13. The Morgan fingerprint density at radius 3 is 1.37 bits per heavy atom. The Hall–Kier alpha value is -2.59. The van der Waals surface area contributed by atoms with E-state index in [0.717, 1.165) is 33.5 Å². The Labute approximate surface area is 216 Å². The Balaban J connectivity index is 2.03. The predicted octanol–water partition coefficient (Wildman–Crippen LogP) is 9.92. The predicted molar refractivity (Wildman–Crippen MR) is 155 cm³/mol. The average Bonchev–Trinajstić information content (AvgIpc) is 3.29. The molecule has 0 atom stereocenters. The summed E-state index contributed by atoms with van der Waals surface area (Å²) in [6.07, 6.45) is 0. The summed E-state index contributed by atoms with van der Waals surface area (Å²) in [4.78, 5) is 15.2. The fraction of sp³-hybridized carbons (Fsp3) is 0.452. The molecule has 0 N–H and O–H groups in total. The summed E-state index contributed by atoms with van der Waals surface area (Å²) in [6.45, 7) is 22.0. The third-order valence-corrected chi connectivity index (χ3v) is 7.38. The van der Waals surface area contributed by atoms with Crippen LogP contribution in [0.25, 0.3) is 0 Å². The maximum Gasteiger partial charge on any atom is 0.138 e. The van der Waals surface area contributed by atoms with Crippen LogP contribution in [-0.4, -0.2) is 16.4 Å². The van der Waals surface area contributed by atoms with Gasteiger partial charge < -0.3 is 0 Å². The van der Waals surface area contributed by atoms with Gasteiger partial charge in [-0.15, -0.1) is 11.3 Å². The molecular formula is C31H41N3S. The molecule has 0 bridgehead atoms. The molecule has 0 aliphatic carbocycles. The third-order valence-electron chi connectivity index (χ3n) is 6.43. The van der Waals surface area contributed by atoms with Gasteiger partial charge in [-0.3, -0.25) is 9.98 Å². The van der Waals surface area contributed by atoms with Crippen LogP contribution in [0, 0.1) is 0 Å². The molecule has 2 aromatic carbocycles. The second-order valence-electron chi connectivity index (χ2n) is 10.6. The normalized spacial score (nSPS) is 13.1. The van der Waals surface area contributed by atoms with E-state index >= 15 is 0 Å². The van der Waals surface area contributed by atoms with Crippen molar-refractivity contribution in [2.75, 3.05) is 0 Å². The summed E-state index contributed by atoms with van der Waals surface area (Å²) >= 11 is 1.64. The zero-order chi connectivity index (χ0) is 25.9. The van der Waals surface area contributed by atoms with Gasteiger partial charge in [-0.25, -0.2) is 4.98 Å². The minimum Gasteiger partial charge on any atom is -0.251 e. The second kappa shape index (κ2) is 11.4. The monoisotopic (exact) mass is 487 g/mol. The summed E-state index contributed by atoms with van der Waals surface area (Å²) in [5.41, 5.74) is 10.2. The molecule has 0 amide bonds. The van der Waals surface area contributed by atoms with Crippen LogP contribution in [-0.2, 0) is 0 Å². The molecule has 4 heteroatoms. The van der Waals surface area contributed by atoms with Gasteiger partial charge in [0.2, 0.25) is 0 Å². The van der Waals surface area contributed by atoms with Crippen molar-refractivity contribution >= 4 is 34.1 Å². The van der Waals surface area contributed by atoms with E-state index < -0.39 is 0 Å². The highest BCUT2D eigenvalue weighted by Crippen LogP contribution is 2.36. The first-order valence-electron chi connectivity index (χ1n) is 12.8. The van der Waals surface area contributed by atoms with E-state index in [1.54, 1.807) is 11.3 Å². The van der Waals surface area contributed by atoms with Crippen LogP contribution in [0.5, 0.6) is 0 Å². The van der Waals surface area contributed by atoms with Gasteiger partial charge in [-0.05, 0) is 59.8 Å². The average molecular weight is 488 g/mol. The van der Waals surface area contributed by atoms with Gasteiger partial charge in [-0.2, -0.15) is 0 Å². The first kappa shape index (κ1) is 27.0. The van der Waals surface area contributed by atoms with Gasteiger partial charge in [0.1, 0.15) is 5.01 Å². The molecule has 0 radical (unpaired) electrons. The number of thiazole rings is 1. The van der Waals surface area contributed by atoms with Crippen molar-refractivity contribution in [3.05, 3.63) is 74.7 Å². The molecular weight excluding hydrogens is 446 g/mol. The van der Waals surface area contributed by atoms with Gasteiger partial charge in [0.25, 0.3) is 0 Å². The molecule has 1 aromatic heterocycles. The minimum atomic E-state index is 0.414. The molecule has 186 valence electrons. The van der Waals surface area contributed by atoms with Gasteiger partial charge in [0, 0.05) is 5.38 Å². The number of nitrogens with zero attached hydrogens (tertiary/aromatic N) is 3. The summed E-state index contributed by atoms with van der Waals surface area (Å²) in [5.74, 6) is 1.66. The molecule has 0 spiro atoms. The lowest BCUT2D eigenvalue weighted by molar-refractivity contribution is 0.834. The van der Waals surface area contributed by atoms with E-state index in [0.29, 0.717) is 23.7 Å². The molecule has 3 nitrogen and oxygen atoms in total. The van der Waals surface area contributed by atoms with E-state index in [1.165, 1.54) is 22.3 Å². The Morgan fingerprint density at radius 2 is 1.00 bits per heavy atom. The Kier molecular flexibility index (Phi) is 8.82. The second-order valence-corrected chi connectivity index (χ2v) is 11.5. The molecule has 35 heavy (non-hydrogen) atoms. The van der Waals surface area contributed by atoms with E-state index in [-0.39, 0.29) is 0 Å². The van der Waals surface area contributed by atoms with Gasteiger partial charge >= 0.3 is 0 Å². The highest BCUT2D eigenvalue weighted by molar-refractivity contribution is 7.12. The topological polar surface area (TPSA) is 37.6 Å². The van der Waals surface area contributed by atoms with E-state index in [9.17, 15) is 0 Å².